The first kappa shape index (κ1) is 21.6. The van der Waals surface area contributed by atoms with Gasteiger partial charge in [0.25, 0.3) is 0 Å². The molecule has 4 aromatic rings. The van der Waals surface area contributed by atoms with Crippen LogP contribution in [-0.4, -0.2) is 6.61 Å². The Hall–Kier alpha value is -2.60. The lowest BCUT2D eigenvalue weighted by Gasteiger charge is -2.28. The summed E-state index contributed by atoms with van der Waals surface area (Å²) in [5.41, 5.74) is 1.24. The number of hydrogen-bond donors (Lipinski definition) is 0. The molecule has 4 rings (SSSR count). The van der Waals surface area contributed by atoms with Crippen molar-refractivity contribution in [3.05, 3.63) is 120 Å². The van der Waals surface area contributed by atoms with E-state index < -0.39 is 7.26 Å². The highest BCUT2D eigenvalue weighted by atomic mass is 35.5. The normalized spacial score (nSPS) is 11.3. The molecule has 0 unspecified atom stereocenters. The number of ether oxygens (including phenoxy) is 1. The Kier molecular flexibility index (Phi) is 7.07. The van der Waals surface area contributed by atoms with Crippen molar-refractivity contribution in [2.24, 2.45) is 0 Å². The standard InChI is InChI=1S/C28H27ClOP/c1-2-20-30-28-21-23(18-19-27(28)29)22-31(24-12-6-3-7-13-24,25-14-8-4-9-15-25)26-16-10-5-11-17-26/h3-19,21H,2,20,22H2,1H3/q+1. The second kappa shape index (κ2) is 10.1. The minimum absolute atomic E-state index is 0.666. The molecule has 1 nitrogen and oxygen atoms in total. The van der Waals surface area contributed by atoms with Crippen LogP contribution >= 0.6 is 18.9 Å². The van der Waals surface area contributed by atoms with Crippen LogP contribution in [0.4, 0.5) is 0 Å². The zero-order valence-electron chi connectivity index (χ0n) is 17.7. The topological polar surface area (TPSA) is 9.23 Å². The van der Waals surface area contributed by atoms with E-state index in [1.165, 1.54) is 21.5 Å². The fourth-order valence-electron chi connectivity index (χ4n) is 4.01. The molecule has 0 spiro atoms. The predicted molar refractivity (Wildman–Crippen MR) is 136 cm³/mol. The van der Waals surface area contributed by atoms with Gasteiger partial charge in [-0.25, -0.2) is 0 Å². The van der Waals surface area contributed by atoms with Crippen LogP contribution in [-0.2, 0) is 6.16 Å². The van der Waals surface area contributed by atoms with Crippen LogP contribution in [0.2, 0.25) is 5.02 Å². The van der Waals surface area contributed by atoms with Crippen molar-refractivity contribution < 1.29 is 4.74 Å². The Bertz CT molecular complexity index is 1000. The van der Waals surface area contributed by atoms with Crippen LogP contribution in [0.5, 0.6) is 5.75 Å². The molecule has 0 amide bonds. The Labute approximate surface area is 191 Å². The first-order valence-electron chi connectivity index (χ1n) is 10.7. The third-order valence-electron chi connectivity index (χ3n) is 5.47. The lowest BCUT2D eigenvalue weighted by atomic mass is 10.2. The van der Waals surface area contributed by atoms with Crippen LogP contribution in [0.1, 0.15) is 18.9 Å². The van der Waals surface area contributed by atoms with Crippen molar-refractivity contribution in [2.45, 2.75) is 19.5 Å². The van der Waals surface area contributed by atoms with Gasteiger partial charge in [-0.3, -0.25) is 0 Å². The highest BCUT2D eigenvalue weighted by molar-refractivity contribution is 7.95. The monoisotopic (exact) mass is 445 g/mol. The number of benzene rings is 4. The van der Waals surface area contributed by atoms with Gasteiger partial charge in [0.05, 0.1) is 17.8 Å². The Morgan fingerprint density at radius 2 is 1.16 bits per heavy atom. The van der Waals surface area contributed by atoms with E-state index in [0.29, 0.717) is 11.6 Å². The van der Waals surface area contributed by atoms with Crippen LogP contribution < -0.4 is 20.7 Å². The van der Waals surface area contributed by atoms with Crippen molar-refractivity contribution in [1.29, 1.82) is 0 Å². The molecule has 0 heterocycles. The maximum Gasteiger partial charge on any atom is 0.138 e. The number of hydrogen-bond acceptors (Lipinski definition) is 1. The van der Waals surface area contributed by atoms with E-state index in [0.717, 1.165) is 18.3 Å². The van der Waals surface area contributed by atoms with E-state index in [4.69, 9.17) is 16.3 Å². The SMILES string of the molecule is CCCOc1cc(C[P+](c2ccccc2)(c2ccccc2)c2ccccc2)ccc1Cl. The molecule has 0 aromatic heterocycles. The van der Waals surface area contributed by atoms with E-state index in [1.807, 2.05) is 6.07 Å². The van der Waals surface area contributed by atoms with Gasteiger partial charge < -0.3 is 4.74 Å². The molecule has 0 N–H and O–H groups in total. The molecule has 0 atom stereocenters. The Balaban J connectivity index is 1.91. The smallest absolute Gasteiger partial charge is 0.138 e. The Morgan fingerprint density at radius 3 is 1.61 bits per heavy atom. The summed E-state index contributed by atoms with van der Waals surface area (Å²) in [6.07, 6.45) is 1.86. The maximum atomic E-state index is 6.44. The van der Waals surface area contributed by atoms with Crippen molar-refractivity contribution in [1.82, 2.24) is 0 Å². The molecule has 0 saturated heterocycles. The fraction of sp³-hybridized carbons (Fsp3) is 0.143. The molecular weight excluding hydrogens is 419 g/mol. The van der Waals surface area contributed by atoms with E-state index in [1.54, 1.807) is 0 Å². The fourth-order valence-corrected chi connectivity index (χ4v) is 8.41. The molecule has 0 aliphatic rings. The summed E-state index contributed by atoms with van der Waals surface area (Å²) < 4.78 is 5.94. The second-order valence-corrected chi connectivity index (χ2v) is 11.5. The predicted octanol–water partition coefficient (Wildman–Crippen LogP) is 6.62. The van der Waals surface area contributed by atoms with Crippen molar-refractivity contribution in [2.75, 3.05) is 6.61 Å². The van der Waals surface area contributed by atoms with Gasteiger partial charge in [0.15, 0.2) is 0 Å². The summed E-state index contributed by atoms with van der Waals surface area (Å²) in [6, 6.07) is 39.0. The summed E-state index contributed by atoms with van der Waals surface area (Å²) in [4.78, 5) is 0. The molecular formula is C28H27ClOP+. The van der Waals surface area contributed by atoms with E-state index >= 15 is 0 Å². The summed E-state index contributed by atoms with van der Waals surface area (Å²) in [5, 5.41) is 4.79. The van der Waals surface area contributed by atoms with Gasteiger partial charge in [0.2, 0.25) is 0 Å². The average molecular weight is 446 g/mol. The van der Waals surface area contributed by atoms with Gasteiger partial charge >= 0.3 is 0 Å². The van der Waals surface area contributed by atoms with Crippen LogP contribution in [0.3, 0.4) is 0 Å². The molecule has 0 saturated carbocycles. The second-order valence-electron chi connectivity index (χ2n) is 7.59. The minimum Gasteiger partial charge on any atom is -0.492 e. The van der Waals surface area contributed by atoms with E-state index in [9.17, 15) is 0 Å². The zero-order valence-corrected chi connectivity index (χ0v) is 19.4. The number of rotatable bonds is 8. The zero-order chi connectivity index (χ0) is 21.5. The summed E-state index contributed by atoms with van der Waals surface area (Å²) in [6.45, 7) is 2.77. The van der Waals surface area contributed by atoms with Gasteiger partial charge in [0.1, 0.15) is 28.9 Å². The highest BCUT2D eigenvalue weighted by Crippen LogP contribution is 2.58. The summed E-state index contributed by atoms with van der Waals surface area (Å²) in [7, 11) is -1.93. The summed E-state index contributed by atoms with van der Waals surface area (Å²) in [5.74, 6) is 0.772. The van der Waals surface area contributed by atoms with Gasteiger partial charge in [-0.2, -0.15) is 0 Å². The summed E-state index contributed by atoms with van der Waals surface area (Å²) >= 11 is 6.44. The molecule has 0 bridgehead atoms. The lowest BCUT2D eigenvalue weighted by molar-refractivity contribution is 0.317. The van der Waals surface area contributed by atoms with E-state index in [-0.39, 0.29) is 0 Å². The third kappa shape index (κ3) is 4.69. The largest absolute Gasteiger partial charge is 0.492 e. The highest BCUT2D eigenvalue weighted by Gasteiger charge is 2.45. The van der Waals surface area contributed by atoms with Crippen LogP contribution in [0.15, 0.2) is 109 Å². The van der Waals surface area contributed by atoms with Crippen LogP contribution in [0.25, 0.3) is 0 Å². The van der Waals surface area contributed by atoms with Crippen LogP contribution in [0, 0.1) is 0 Å². The van der Waals surface area contributed by atoms with Crippen molar-refractivity contribution >= 4 is 34.8 Å². The van der Waals surface area contributed by atoms with Gasteiger partial charge in [-0.1, -0.05) is 79.2 Å². The van der Waals surface area contributed by atoms with Gasteiger partial charge in [-0.15, -0.1) is 0 Å². The third-order valence-corrected chi connectivity index (χ3v) is 10.2. The lowest BCUT2D eigenvalue weighted by Crippen LogP contribution is -2.32. The molecule has 0 fully saturated rings. The molecule has 0 aliphatic heterocycles. The Morgan fingerprint density at radius 1 is 0.677 bits per heavy atom. The molecule has 156 valence electrons. The molecule has 3 heteroatoms. The molecule has 31 heavy (non-hydrogen) atoms. The van der Waals surface area contributed by atoms with Crippen molar-refractivity contribution in [3.8, 4) is 5.75 Å². The minimum atomic E-state index is -1.93. The average Bonchev–Trinajstić information content (AvgIpc) is 2.84. The number of halogens is 1. The first-order valence-corrected chi connectivity index (χ1v) is 13.1. The van der Waals surface area contributed by atoms with Crippen molar-refractivity contribution in [3.63, 3.8) is 0 Å². The molecule has 0 radical (unpaired) electrons. The molecule has 4 aromatic carbocycles. The van der Waals surface area contributed by atoms with E-state index in [2.05, 4.69) is 110 Å². The quantitative estimate of drug-likeness (QED) is 0.277. The van der Waals surface area contributed by atoms with Gasteiger partial charge in [0, 0.05) is 0 Å². The first-order chi connectivity index (χ1) is 15.2. The van der Waals surface area contributed by atoms with Gasteiger partial charge in [-0.05, 0) is 60.5 Å². The molecule has 0 aliphatic carbocycles. The maximum absolute atomic E-state index is 6.44.